The van der Waals surface area contributed by atoms with Crippen LogP contribution in [0.25, 0.3) is 0 Å². The fourth-order valence-electron chi connectivity index (χ4n) is 3.27. The molecule has 0 bridgehead atoms. The molecule has 1 aliphatic carbocycles. The van der Waals surface area contributed by atoms with Crippen molar-refractivity contribution in [3.05, 3.63) is 0 Å². The Kier molecular flexibility index (Phi) is 9.93. The summed E-state index contributed by atoms with van der Waals surface area (Å²) in [7, 11) is 0. The van der Waals surface area contributed by atoms with Crippen molar-refractivity contribution < 1.29 is 19.4 Å². The third-order valence-electron chi connectivity index (χ3n) is 4.57. The topological polar surface area (TPSA) is 63.6 Å². The van der Waals surface area contributed by atoms with E-state index in [1.807, 2.05) is 0 Å². The molecular weight excluding hydrogens is 280 g/mol. The minimum Gasteiger partial charge on any atom is -0.481 e. The number of ether oxygens (including phenoxy) is 1. The molecule has 22 heavy (non-hydrogen) atoms. The molecule has 1 aliphatic rings. The van der Waals surface area contributed by atoms with Gasteiger partial charge in [-0.15, -0.1) is 0 Å². The van der Waals surface area contributed by atoms with Crippen molar-refractivity contribution in [3.8, 4) is 0 Å². The van der Waals surface area contributed by atoms with Crippen molar-refractivity contribution in [1.82, 2.24) is 0 Å². The molecule has 0 aromatic rings. The lowest BCUT2D eigenvalue weighted by molar-refractivity contribution is -0.153. The molecule has 0 aliphatic heterocycles. The van der Waals surface area contributed by atoms with Gasteiger partial charge in [-0.25, -0.2) is 0 Å². The van der Waals surface area contributed by atoms with E-state index in [0.29, 0.717) is 25.2 Å². The van der Waals surface area contributed by atoms with Gasteiger partial charge in [-0.3, -0.25) is 9.59 Å². The SMILES string of the molecule is CCCCCC(OC(=O)CCCCC(=O)O)C1CCCCC1. The molecule has 4 nitrogen and oxygen atoms in total. The van der Waals surface area contributed by atoms with Crippen LogP contribution in [0.5, 0.6) is 0 Å². The zero-order valence-electron chi connectivity index (χ0n) is 14.0. The maximum Gasteiger partial charge on any atom is 0.306 e. The Balaban J connectivity index is 2.34. The fraction of sp³-hybridized carbons (Fsp3) is 0.889. The van der Waals surface area contributed by atoms with E-state index in [4.69, 9.17) is 9.84 Å². The molecule has 1 saturated carbocycles. The van der Waals surface area contributed by atoms with Gasteiger partial charge >= 0.3 is 11.9 Å². The maximum absolute atomic E-state index is 12.0. The zero-order chi connectivity index (χ0) is 16.2. The summed E-state index contributed by atoms with van der Waals surface area (Å²) in [5.74, 6) is -0.404. The van der Waals surface area contributed by atoms with Crippen LogP contribution in [0.1, 0.15) is 90.4 Å². The van der Waals surface area contributed by atoms with Gasteiger partial charge in [-0.05, 0) is 44.4 Å². The summed E-state index contributed by atoms with van der Waals surface area (Å²) >= 11 is 0. The first-order valence-electron chi connectivity index (χ1n) is 9.04. The molecule has 0 radical (unpaired) electrons. The summed E-state index contributed by atoms with van der Waals surface area (Å²) in [5, 5.41) is 8.60. The first kappa shape index (κ1) is 19.0. The number of carbonyl (C=O) groups is 2. The van der Waals surface area contributed by atoms with Crippen molar-refractivity contribution in [2.24, 2.45) is 5.92 Å². The number of carbonyl (C=O) groups excluding carboxylic acids is 1. The van der Waals surface area contributed by atoms with Gasteiger partial charge in [-0.1, -0.05) is 39.0 Å². The summed E-state index contributed by atoms with van der Waals surface area (Å²) in [6, 6.07) is 0. The molecule has 0 aromatic carbocycles. The van der Waals surface area contributed by atoms with Gasteiger partial charge in [0, 0.05) is 12.8 Å². The van der Waals surface area contributed by atoms with Gasteiger partial charge < -0.3 is 9.84 Å². The van der Waals surface area contributed by atoms with Crippen LogP contribution in [0.2, 0.25) is 0 Å². The standard InChI is InChI=1S/C18H32O4/c1-2-3-5-12-16(15-10-6-4-7-11-15)22-18(21)14-9-8-13-17(19)20/h15-16H,2-14H2,1H3,(H,19,20). The molecule has 0 amide bonds. The van der Waals surface area contributed by atoms with Crippen LogP contribution in [0.4, 0.5) is 0 Å². The molecule has 1 atom stereocenters. The van der Waals surface area contributed by atoms with Crippen LogP contribution in [0.3, 0.4) is 0 Å². The highest BCUT2D eigenvalue weighted by Crippen LogP contribution is 2.30. The fourth-order valence-corrected chi connectivity index (χ4v) is 3.27. The first-order chi connectivity index (χ1) is 10.6. The normalized spacial score (nSPS) is 17.1. The molecule has 0 spiro atoms. The molecule has 1 rings (SSSR count). The lowest BCUT2D eigenvalue weighted by Crippen LogP contribution is -2.28. The van der Waals surface area contributed by atoms with Crippen LogP contribution >= 0.6 is 0 Å². The number of carboxylic acid groups (broad SMARTS) is 1. The van der Waals surface area contributed by atoms with Gasteiger partial charge in [-0.2, -0.15) is 0 Å². The van der Waals surface area contributed by atoms with Crippen molar-refractivity contribution >= 4 is 11.9 Å². The second kappa shape index (κ2) is 11.5. The highest BCUT2D eigenvalue weighted by Gasteiger charge is 2.26. The highest BCUT2D eigenvalue weighted by atomic mass is 16.5. The Morgan fingerprint density at radius 2 is 1.73 bits per heavy atom. The van der Waals surface area contributed by atoms with E-state index >= 15 is 0 Å². The molecule has 1 N–H and O–H groups in total. The molecule has 4 heteroatoms. The Labute approximate surface area is 134 Å². The second-order valence-electron chi connectivity index (χ2n) is 6.52. The Morgan fingerprint density at radius 1 is 1.05 bits per heavy atom. The lowest BCUT2D eigenvalue weighted by atomic mass is 9.83. The average Bonchev–Trinajstić information content (AvgIpc) is 2.51. The van der Waals surface area contributed by atoms with Gasteiger partial charge in [0.15, 0.2) is 0 Å². The number of hydrogen-bond donors (Lipinski definition) is 1. The summed E-state index contributed by atoms with van der Waals surface area (Å²) in [4.78, 5) is 22.5. The van der Waals surface area contributed by atoms with Gasteiger partial charge in [0.05, 0.1) is 0 Å². The minimum absolute atomic E-state index is 0.0822. The van der Waals surface area contributed by atoms with Crippen LogP contribution in [0.15, 0.2) is 0 Å². The number of hydrogen-bond acceptors (Lipinski definition) is 3. The Morgan fingerprint density at radius 3 is 2.36 bits per heavy atom. The van der Waals surface area contributed by atoms with Gasteiger partial charge in [0.2, 0.25) is 0 Å². The number of aliphatic carboxylic acids is 1. The third kappa shape index (κ3) is 8.40. The number of carboxylic acids is 1. The van der Waals surface area contributed by atoms with Crippen LogP contribution in [0, 0.1) is 5.92 Å². The lowest BCUT2D eigenvalue weighted by Gasteiger charge is -2.30. The van der Waals surface area contributed by atoms with Crippen molar-refractivity contribution in [2.75, 3.05) is 0 Å². The predicted octanol–water partition coefficient (Wildman–Crippen LogP) is 4.70. The highest BCUT2D eigenvalue weighted by molar-refractivity contribution is 5.70. The van der Waals surface area contributed by atoms with E-state index in [1.54, 1.807) is 0 Å². The summed E-state index contributed by atoms with van der Waals surface area (Å²) in [6.07, 6.45) is 12.4. The average molecular weight is 312 g/mol. The summed E-state index contributed by atoms with van der Waals surface area (Å²) in [6.45, 7) is 2.18. The van der Waals surface area contributed by atoms with Crippen LogP contribution in [-0.4, -0.2) is 23.1 Å². The van der Waals surface area contributed by atoms with E-state index in [9.17, 15) is 9.59 Å². The predicted molar refractivity (Wildman–Crippen MR) is 86.7 cm³/mol. The molecule has 128 valence electrons. The maximum atomic E-state index is 12.0. The zero-order valence-corrected chi connectivity index (χ0v) is 14.0. The molecular formula is C18H32O4. The molecule has 0 aromatic heterocycles. The Hall–Kier alpha value is -1.06. The van der Waals surface area contributed by atoms with Crippen LogP contribution in [-0.2, 0) is 14.3 Å². The largest absolute Gasteiger partial charge is 0.481 e. The first-order valence-corrected chi connectivity index (χ1v) is 9.04. The van der Waals surface area contributed by atoms with Crippen LogP contribution < -0.4 is 0 Å². The van der Waals surface area contributed by atoms with E-state index in [1.165, 1.54) is 44.9 Å². The van der Waals surface area contributed by atoms with Crippen molar-refractivity contribution in [1.29, 1.82) is 0 Å². The van der Waals surface area contributed by atoms with Crippen molar-refractivity contribution in [2.45, 2.75) is 96.5 Å². The number of unbranched alkanes of at least 4 members (excludes halogenated alkanes) is 3. The molecule has 1 fully saturated rings. The van der Waals surface area contributed by atoms with Crippen molar-refractivity contribution in [3.63, 3.8) is 0 Å². The third-order valence-corrected chi connectivity index (χ3v) is 4.57. The van der Waals surface area contributed by atoms with E-state index < -0.39 is 5.97 Å². The Bertz CT molecular complexity index is 321. The van der Waals surface area contributed by atoms with E-state index in [2.05, 4.69) is 6.92 Å². The number of rotatable bonds is 11. The van der Waals surface area contributed by atoms with E-state index in [0.717, 1.165) is 12.8 Å². The number of esters is 1. The summed E-state index contributed by atoms with van der Waals surface area (Å²) in [5.41, 5.74) is 0. The summed E-state index contributed by atoms with van der Waals surface area (Å²) < 4.78 is 5.76. The smallest absolute Gasteiger partial charge is 0.306 e. The molecule has 0 heterocycles. The molecule has 0 saturated heterocycles. The monoisotopic (exact) mass is 312 g/mol. The van der Waals surface area contributed by atoms with Gasteiger partial charge in [0.1, 0.15) is 6.10 Å². The molecule has 1 unspecified atom stereocenters. The van der Waals surface area contributed by atoms with E-state index in [-0.39, 0.29) is 18.5 Å². The van der Waals surface area contributed by atoms with Gasteiger partial charge in [0.25, 0.3) is 0 Å². The minimum atomic E-state index is -0.798. The second-order valence-corrected chi connectivity index (χ2v) is 6.52. The quantitative estimate of drug-likeness (QED) is 0.443.